The molecular weight excluding hydrogens is 350 g/mol. The van der Waals surface area contributed by atoms with Gasteiger partial charge in [0.1, 0.15) is 11.4 Å². The van der Waals surface area contributed by atoms with Crippen LogP contribution in [0.3, 0.4) is 0 Å². The Labute approximate surface area is 156 Å². The number of anilines is 3. The Morgan fingerprint density at radius 3 is 2.44 bits per heavy atom. The zero-order valence-electron chi connectivity index (χ0n) is 15.3. The molecule has 0 aromatic heterocycles. The van der Waals surface area contributed by atoms with Crippen molar-refractivity contribution in [3.05, 3.63) is 44.2 Å². The Bertz CT molecular complexity index is 930. The Morgan fingerprint density at radius 1 is 1.11 bits per heavy atom. The highest BCUT2D eigenvalue weighted by atomic mass is 16.3. The molecule has 8 heteroatoms. The molecule has 0 radical (unpaired) electrons. The Balaban J connectivity index is 1.86. The summed E-state index contributed by atoms with van der Waals surface area (Å²) in [5.41, 5.74) is -0.984. The summed E-state index contributed by atoms with van der Waals surface area (Å²) in [5.74, 6) is -0.683. The lowest BCUT2D eigenvalue weighted by molar-refractivity contribution is 0.0824. The fraction of sp³-hybridized carbons (Fsp3) is 0.421. The molecule has 0 unspecified atom stereocenters. The molecule has 1 aliphatic rings. The number of para-hydroxylation sites is 1. The number of benzene rings is 1. The van der Waals surface area contributed by atoms with Crippen LogP contribution in [-0.2, 0) is 0 Å². The first-order valence-electron chi connectivity index (χ1n) is 8.89. The normalized spacial score (nSPS) is 19.7. The van der Waals surface area contributed by atoms with Crippen LogP contribution < -0.4 is 21.5 Å². The molecule has 4 N–H and O–H groups in total. The minimum atomic E-state index is -0.702. The summed E-state index contributed by atoms with van der Waals surface area (Å²) in [7, 11) is 3.13. The predicted octanol–water partition coefficient (Wildman–Crippen LogP) is 1.15. The summed E-state index contributed by atoms with van der Waals surface area (Å²) in [5, 5.41) is 26.2. The van der Waals surface area contributed by atoms with E-state index in [-0.39, 0.29) is 40.3 Å². The van der Waals surface area contributed by atoms with Gasteiger partial charge in [0.05, 0.1) is 23.4 Å². The first kappa shape index (κ1) is 18.9. The lowest BCUT2D eigenvalue weighted by Crippen LogP contribution is -2.43. The van der Waals surface area contributed by atoms with E-state index in [4.69, 9.17) is 0 Å². The number of carbonyl (C=O) groups is 1. The third-order valence-corrected chi connectivity index (χ3v) is 4.90. The number of aliphatic hydroxyl groups is 1. The Hall–Kier alpha value is -2.87. The van der Waals surface area contributed by atoms with Crippen LogP contribution in [0.15, 0.2) is 27.8 Å². The largest absolute Gasteiger partial charge is 0.505 e. The molecule has 0 heterocycles. The monoisotopic (exact) mass is 373 g/mol. The van der Waals surface area contributed by atoms with Crippen molar-refractivity contribution in [1.82, 2.24) is 4.90 Å². The highest BCUT2D eigenvalue weighted by molar-refractivity contribution is 5.99. The number of aliphatic hydroxyl groups excluding tert-OH is 1. The van der Waals surface area contributed by atoms with E-state index in [1.54, 1.807) is 20.2 Å². The number of phenolic OH excluding ortho intramolecular Hbond substituents is 1. The summed E-state index contributed by atoms with van der Waals surface area (Å²) < 4.78 is 0. The maximum absolute atomic E-state index is 12.1. The molecule has 1 aliphatic carbocycles. The molecule has 2 atom stereocenters. The number of amides is 1. The number of nitrogens with one attached hydrogen (secondary N) is 2. The zero-order valence-corrected chi connectivity index (χ0v) is 15.3. The van der Waals surface area contributed by atoms with Gasteiger partial charge in [-0.05, 0) is 25.0 Å². The van der Waals surface area contributed by atoms with Gasteiger partial charge in [0.15, 0.2) is 5.75 Å². The van der Waals surface area contributed by atoms with Gasteiger partial charge in [-0.3, -0.25) is 14.4 Å². The van der Waals surface area contributed by atoms with E-state index in [0.717, 1.165) is 12.8 Å². The van der Waals surface area contributed by atoms with Crippen molar-refractivity contribution in [2.75, 3.05) is 24.7 Å². The molecular formula is C19H23N3O5. The SMILES string of the molecule is CN(C)C(=O)c1cccc(Nc2c(N[C@H]3CCCC[C@H]3O)c(=O)c2=O)c1O. The number of rotatable bonds is 5. The maximum atomic E-state index is 12.1. The summed E-state index contributed by atoms with van der Waals surface area (Å²) in [6.45, 7) is 0. The van der Waals surface area contributed by atoms with E-state index < -0.39 is 17.0 Å². The first-order valence-corrected chi connectivity index (χ1v) is 8.89. The number of carbonyl (C=O) groups excluding carboxylic acids is 1. The van der Waals surface area contributed by atoms with Gasteiger partial charge in [0.25, 0.3) is 16.8 Å². The van der Waals surface area contributed by atoms with E-state index >= 15 is 0 Å². The quantitative estimate of drug-likeness (QED) is 0.458. The number of hydrogen-bond donors (Lipinski definition) is 4. The van der Waals surface area contributed by atoms with E-state index in [2.05, 4.69) is 10.6 Å². The van der Waals surface area contributed by atoms with Crippen LogP contribution >= 0.6 is 0 Å². The average Bonchev–Trinajstić information content (AvgIpc) is 2.66. The number of hydrogen-bond acceptors (Lipinski definition) is 7. The third-order valence-electron chi connectivity index (χ3n) is 4.90. The van der Waals surface area contributed by atoms with Crippen molar-refractivity contribution in [3.63, 3.8) is 0 Å². The molecule has 0 bridgehead atoms. The van der Waals surface area contributed by atoms with Crippen LogP contribution in [0.5, 0.6) is 5.75 Å². The smallest absolute Gasteiger partial charge is 0.257 e. The van der Waals surface area contributed by atoms with Crippen LogP contribution in [0.1, 0.15) is 36.0 Å². The fourth-order valence-electron chi connectivity index (χ4n) is 3.31. The van der Waals surface area contributed by atoms with E-state index in [1.165, 1.54) is 17.0 Å². The van der Waals surface area contributed by atoms with Crippen LogP contribution in [0, 0.1) is 0 Å². The topological polar surface area (TPSA) is 119 Å². The van der Waals surface area contributed by atoms with Gasteiger partial charge in [0, 0.05) is 14.1 Å². The summed E-state index contributed by atoms with van der Waals surface area (Å²) in [6, 6.07) is 4.26. The Morgan fingerprint density at radius 2 is 1.78 bits per heavy atom. The van der Waals surface area contributed by atoms with Crippen molar-refractivity contribution in [2.24, 2.45) is 0 Å². The highest BCUT2D eigenvalue weighted by Crippen LogP contribution is 2.32. The summed E-state index contributed by atoms with van der Waals surface area (Å²) >= 11 is 0. The second kappa shape index (κ2) is 7.40. The lowest BCUT2D eigenvalue weighted by Gasteiger charge is -2.30. The second-order valence-electron chi connectivity index (χ2n) is 7.04. The molecule has 8 nitrogen and oxygen atoms in total. The van der Waals surface area contributed by atoms with Crippen LogP contribution in [0.4, 0.5) is 17.1 Å². The van der Waals surface area contributed by atoms with Gasteiger partial charge in [-0.25, -0.2) is 0 Å². The van der Waals surface area contributed by atoms with Crippen LogP contribution in [0.25, 0.3) is 0 Å². The van der Waals surface area contributed by atoms with Gasteiger partial charge in [-0.2, -0.15) is 0 Å². The van der Waals surface area contributed by atoms with Crippen LogP contribution in [-0.4, -0.2) is 47.3 Å². The van der Waals surface area contributed by atoms with Crippen molar-refractivity contribution < 1.29 is 15.0 Å². The minimum Gasteiger partial charge on any atom is -0.505 e. The van der Waals surface area contributed by atoms with Crippen molar-refractivity contribution in [1.29, 1.82) is 0 Å². The van der Waals surface area contributed by atoms with Crippen molar-refractivity contribution >= 4 is 23.0 Å². The molecule has 3 rings (SSSR count). The highest BCUT2D eigenvalue weighted by Gasteiger charge is 2.29. The van der Waals surface area contributed by atoms with Crippen molar-refractivity contribution in [3.8, 4) is 5.75 Å². The molecule has 2 aromatic rings. The first-order chi connectivity index (χ1) is 12.8. The van der Waals surface area contributed by atoms with E-state index in [1.807, 2.05) is 0 Å². The second-order valence-corrected chi connectivity index (χ2v) is 7.04. The standard InChI is InChI=1S/C19H23N3O5/c1-22(2)19(27)10-6-5-8-12(16(10)24)21-15-14(17(25)18(15)26)20-11-7-3-4-9-13(11)23/h5-6,8,11,13,20-21,23-24H,3-4,7,9H2,1-2H3/t11-,13+/m0/s1. The molecule has 1 saturated carbocycles. The van der Waals surface area contributed by atoms with Gasteiger partial charge in [-0.15, -0.1) is 0 Å². The van der Waals surface area contributed by atoms with Gasteiger partial charge in [0.2, 0.25) is 0 Å². The number of nitrogens with zero attached hydrogens (tertiary/aromatic N) is 1. The minimum absolute atomic E-state index is 0.0301. The molecule has 1 fully saturated rings. The van der Waals surface area contributed by atoms with Gasteiger partial charge < -0.3 is 25.7 Å². The lowest BCUT2D eigenvalue weighted by atomic mass is 9.92. The maximum Gasteiger partial charge on any atom is 0.257 e. The van der Waals surface area contributed by atoms with E-state index in [9.17, 15) is 24.6 Å². The molecule has 0 saturated heterocycles. The average molecular weight is 373 g/mol. The zero-order chi connectivity index (χ0) is 19.7. The number of aromatic hydroxyl groups is 1. The molecule has 2 aromatic carbocycles. The summed E-state index contributed by atoms with van der Waals surface area (Å²) in [4.78, 5) is 37.4. The molecule has 0 aliphatic heterocycles. The molecule has 0 spiro atoms. The number of phenols is 1. The van der Waals surface area contributed by atoms with Gasteiger partial charge in [-0.1, -0.05) is 18.9 Å². The summed E-state index contributed by atoms with van der Waals surface area (Å²) in [6.07, 6.45) is 2.63. The van der Waals surface area contributed by atoms with E-state index in [0.29, 0.717) is 12.8 Å². The fourth-order valence-corrected chi connectivity index (χ4v) is 3.31. The molecule has 1 amide bonds. The van der Waals surface area contributed by atoms with Gasteiger partial charge >= 0.3 is 0 Å². The predicted molar refractivity (Wildman–Crippen MR) is 103 cm³/mol. The Kier molecular flexibility index (Phi) is 5.18. The van der Waals surface area contributed by atoms with Crippen molar-refractivity contribution in [2.45, 2.75) is 37.8 Å². The molecule has 27 heavy (non-hydrogen) atoms. The van der Waals surface area contributed by atoms with Crippen LogP contribution in [0.2, 0.25) is 0 Å². The third kappa shape index (κ3) is 3.52. The molecule has 144 valence electrons.